The lowest BCUT2D eigenvalue weighted by Crippen LogP contribution is -2.46. The van der Waals surface area contributed by atoms with Crippen molar-refractivity contribution in [1.29, 1.82) is 0 Å². The normalized spacial score (nSPS) is 17.9. The van der Waals surface area contributed by atoms with Crippen LogP contribution in [0.2, 0.25) is 0 Å². The summed E-state index contributed by atoms with van der Waals surface area (Å²) < 4.78 is 0. The molecule has 0 amide bonds. The molecule has 0 aromatic heterocycles. The molecule has 12 heavy (non-hydrogen) atoms. The number of carboxylic acids is 2. The van der Waals surface area contributed by atoms with Crippen LogP contribution in [0.15, 0.2) is 0 Å². The fraction of sp³-hybridized carbons (Fsp3) is 0.667. The van der Waals surface area contributed by atoms with Crippen LogP contribution in [-0.4, -0.2) is 39.4 Å². The number of aliphatic hydroxyl groups is 1. The zero-order chi connectivity index (χ0) is 9.89. The molecule has 0 aliphatic rings. The van der Waals surface area contributed by atoms with Gasteiger partial charge in [-0.3, -0.25) is 9.59 Å². The topological polar surface area (TPSA) is 121 Å². The van der Waals surface area contributed by atoms with E-state index < -0.39 is 30.0 Å². The molecule has 0 saturated heterocycles. The van der Waals surface area contributed by atoms with Crippen molar-refractivity contribution in [2.75, 3.05) is 0 Å². The predicted molar refractivity (Wildman–Crippen MR) is 38.4 cm³/mol. The van der Waals surface area contributed by atoms with Gasteiger partial charge in [-0.15, -0.1) is 0 Å². The SMILES string of the molecule is C[C@@H](O)[C@@H](C(=O)O)[C@H](N)C(=O)O. The summed E-state index contributed by atoms with van der Waals surface area (Å²) in [5.74, 6) is -4.33. The Morgan fingerprint density at radius 2 is 1.67 bits per heavy atom. The largest absolute Gasteiger partial charge is 0.481 e. The highest BCUT2D eigenvalue weighted by Crippen LogP contribution is 2.08. The van der Waals surface area contributed by atoms with Crippen molar-refractivity contribution in [3.63, 3.8) is 0 Å². The molecule has 0 heterocycles. The summed E-state index contributed by atoms with van der Waals surface area (Å²) in [7, 11) is 0. The molecule has 0 rings (SSSR count). The summed E-state index contributed by atoms with van der Waals surface area (Å²) >= 11 is 0. The number of nitrogens with two attached hydrogens (primary N) is 1. The van der Waals surface area contributed by atoms with E-state index in [4.69, 9.17) is 21.1 Å². The number of carboxylic acid groups (broad SMARTS) is 2. The van der Waals surface area contributed by atoms with E-state index >= 15 is 0 Å². The van der Waals surface area contributed by atoms with E-state index in [0.29, 0.717) is 0 Å². The van der Waals surface area contributed by atoms with Gasteiger partial charge in [-0.25, -0.2) is 0 Å². The molecule has 0 aliphatic carbocycles. The fourth-order valence-corrected chi connectivity index (χ4v) is 0.814. The highest BCUT2D eigenvalue weighted by atomic mass is 16.4. The molecule has 6 heteroatoms. The van der Waals surface area contributed by atoms with Crippen LogP contribution in [0, 0.1) is 5.92 Å². The molecule has 0 bridgehead atoms. The maximum Gasteiger partial charge on any atom is 0.321 e. The maximum atomic E-state index is 10.4. The lowest BCUT2D eigenvalue weighted by Gasteiger charge is -2.18. The number of aliphatic hydroxyl groups excluding tert-OH is 1. The number of hydrogen-bond acceptors (Lipinski definition) is 4. The lowest BCUT2D eigenvalue weighted by molar-refractivity contribution is -0.153. The van der Waals surface area contributed by atoms with E-state index in [1.54, 1.807) is 0 Å². The van der Waals surface area contributed by atoms with E-state index in [0.717, 1.165) is 0 Å². The average Bonchev–Trinajstić information content (AvgIpc) is 1.85. The highest BCUT2D eigenvalue weighted by molar-refractivity contribution is 5.82. The van der Waals surface area contributed by atoms with Crippen molar-refractivity contribution >= 4 is 11.9 Å². The van der Waals surface area contributed by atoms with Gasteiger partial charge in [0.05, 0.1) is 6.10 Å². The van der Waals surface area contributed by atoms with Gasteiger partial charge in [-0.2, -0.15) is 0 Å². The second-order valence-electron chi connectivity index (χ2n) is 2.47. The maximum absolute atomic E-state index is 10.4. The van der Waals surface area contributed by atoms with E-state index in [1.807, 2.05) is 0 Å². The van der Waals surface area contributed by atoms with Crippen LogP contribution >= 0.6 is 0 Å². The van der Waals surface area contributed by atoms with Crippen LogP contribution in [0.25, 0.3) is 0 Å². The van der Waals surface area contributed by atoms with Gasteiger partial charge in [0.2, 0.25) is 0 Å². The Hall–Kier alpha value is -1.14. The quantitative estimate of drug-likeness (QED) is 0.414. The first-order valence-corrected chi connectivity index (χ1v) is 3.27. The Morgan fingerprint density at radius 1 is 1.25 bits per heavy atom. The average molecular weight is 177 g/mol. The molecule has 0 fully saturated rings. The second kappa shape index (κ2) is 4.03. The van der Waals surface area contributed by atoms with Gasteiger partial charge in [0.1, 0.15) is 12.0 Å². The van der Waals surface area contributed by atoms with E-state index in [-0.39, 0.29) is 0 Å². The summed E-state index contributed by atoms with van der Waals surface area (Å²) in [5, 5.41) is 25.7. The molecule has 0 radical (unpaired) electrons. The summed E-state index contributed by atoms with van der Waals surface area (Å²) in [6, 6.07) is -1.58. The lowest BCUT2D eigenvalue weighted by atomic mass is 9.95. The van der Waals surface area contributed by atoms with Crippen LogP contribution in [0.4, 0.5) is 0 Å². The van der Waals surface area contributed by atoms with Crippen molar-refractivity contribution in [2.45, 2.75) is 19.1 Å². The summed E-state index contributed by atoms with van der Waals surface area (Å²) in [4.78, 5) is 20.6. The molecule has 0 saturated carbocycles. The van der Waals surface area contributed by atoms with Gasteiger partial charge in [0, 0.05) is 0 Å². The molecule has 0 aromatic rings. The highest BCUT2D eigenvalue weighted by Gasteiger charge is 2.34. The molecule has 6 nitrogen and oxygen atoms in total. The van der Waals surface area contributed by atoms with E-state index in [1.165, 1.54) is 6.92 Å². The van der Waals surface area contributed by atoms with Gasteiger partial charge < -0.3 is 21.1 Å². The number of aliphatic carboxylic acids is 2. The van der Waals surface area contributed by atoms with Crippen LogP contribution in [0.1, 0.15) is 6.92 Å². The van der Waals surface area contributed by atoms with Crippen LogP contribution in [-0.2, 0) is 9.59 Å². The van der Waals surface area contributed by atoms with Crippen molar-refractivity contribution in [1.82, 2.24) is 0 Å². The minimum absolute atomic E-state index is 1.18. The Kier molecular flexibility index (Phi) is 3.65. The van der Waals surface area contributed by atoms with Crippen LogP contribution in [0.5, 0.6) is 0 Å². The second-order valence-corrected chi connectivity index (χ2v) is 2.47. The van der Waals surface area contributed by atoms with Crippen molar-refractivity contribution < 1.29 is 24.9 Å². The Morgan fingerprint density at radius 3 is 1.75 bits per heavy atom. The molecule has 0 aliphatic heterocycles. The smallest absolute Gasteiger partial charge is 0.321 e. The Balaban J connectivity index is 4.51. The predicted octanol–water partition coefficient (Wildman–Crippen LogP) is -1.52. The minimum atomic E-state index is -1.58. The molecular weight excluding hydrogens is 166 g/mol. The molecule has 0 unspecified atom stereocenters. The number of carbonyl (C=O) groups is 2. The molecule has 3 atom stereocenters. The van der Waals surface area contributed by atoms with Gasteiger partial charge in [0.15, 0.2) is 0 Å². The Labute approximate surface area is 68.6 Å². The first kappa shape index (κ1) is 10.9. The third-order valence-corrected chi connectivity index (χ3v) is 1.48. The first-order chi connectivity index (χ1) is 5.37. The zero-order valence-electron chi connectivity index (χ0n) is 6.47. The summed E-state index contributed by atoms with van der Waals surface area (Å²) in [6.07, 6.45) is -1.28. The van der Waals surface area contributed by atoms with E-state index in [2.05, 4.69) is 0 Å². The summed E-state index contributed by atoms with van der Waals surface area (Å²) in [5.41, 5.74) is 5.02. The monoisotopic (exact) mass is 177 g/mol. The number of hydrogen-bond donors (Lipinski definition) is 4. The first-order valence-electron chi connectivity index (χ1n) is 3.27. The molecular formula is C6H11NO5. The summed E-state index contributed by atoms with van der Waals surface area (Å²) in [6.45, 7) is 1.18. The Bertz CT molecular complexity index is 190. The van der Waals surface area contributed by atoms with Gasteiger partial charge in [0.25, 0.3) is 0 Å². The molecule has 0 aromatic carbocycles. The van der Waals surface area contributed by atoms with E-state index in [9.17, 15) is 9.59 Å². The standard InChI is InChI=1S/C6H11NO5/c1-2(8)3(5(9)10)4(7)6(11)12/h2-4,8H,7H2,1H3,(H,9,10)(H,11,12)/t2-,3-,4+/m1/s1. The molecule has 70 valence electrons. The van der Waals surface area contributed by atoms with Gasteiger partial charge in [-0.1, -0.05) is 0 Å². The molecule has 0 spiro atoms. The zero-order valence-corrected chi connectivity index (χ0v) is 6.47. The van der Waals surface area contributed by atoms with Gasteiger partial charge >= 0.3 is 11.9 Å². The van der Waals surface area contributed by atoms with Gasteiger partial charge in [-0.05, 0) is 6.92 Å². The van der Waals surface area contributed by atoms with Crippen molar-refractivity contribution in [3.05, 3.63) is 0 Å². The van der Waals surface area contributed by atoms with Crippen molar-refractivity contribution in [3.8, 4) is 0 Å². The third-order valence-electron chi connectivity index (χ3n) is 1.48. The van der Waals surface area contributed by atoms with Crippen molar-refractivity contribution in [2.24, 2.45) is 11.7 Å². The minimum Gasteiger partial charge on any atom is -0.481 e. The number of rotatable bonds is 4. The third kappa shape index (κ3) is 2.48. The molecule has 5 N–H and O–H groups in total. The fourth-order valence-electron chi connectivity index (χ4n) is 0.814. The van der Waals surface area contributed by atoms with Crippen LogP contribution in [0.3, 0.4) is 0 Å². The van der Waals surface area contributed by atoms with Crippen LogP contribution < -0.4 is 5.73 Å².